The quantitative estimate of drug-likeness (QED) is 0.888. The van der Waals surface area contributed by atoms with Crippen molar-refractivity contribution in [2.45, 2.75) is 20.4 Å². The fraction of sp³-hybridized carbons (Fsp3) is 0.214. The Morgan fingerprint density at radius 2 is 1.90 bits per heavy atom. The molecule has 0 aliphatic rings. The van der Waals surface area contributed by atoms with Crippen LogP contribution in [-0.4, -0.2) is 22.1 Å². The third kappa shape index (κ3) is 2.69. The van der Waals surface area contributed by atoms with Crippen LogP contribution in [0, 0.1) is 13.8 Å². The summed E-state index contributed by atoms with van der Waals surface area (Å²) in [6.45, 7) is 3.78. The topological polar surface area (TPSA) is 92.4 Å². The molecule has 1 aromatic heterocycles. The molecule has 0 unspecified atom stereocenters. The van der Waals surface area contributed by atoms with Crippen molar-refractivity contribution >= 4 is 11.9 Å². The summed E-state index contributed by atoms with van der Waals surface area (Å²) < 4.78 is 5.00. The number of amides is 1. The molecule has 0 saturated carbocycles. The van der Waals surface area contributed by atoms with Crippen LogP contribution in [0.4, 0.5) is 0 Å². The van der Waals surface area contributed by atoms with E-state index < -0.39 is 11.9 Å². The molecule has 1 aromatic carbocycles. The van der Waals surface area contributed by atoms with E-state index >= 15 is 0 Å². The summed E-state index contributed by atoms with van der Waals surface area (Å²) in [7, 11) is 0. The SMILES string of the molecule is Cc1noc(C)c1CNC(=O)c1ccccc1C(=O)O. The number of carbonyl (C=O) groups is 2. The molecule has 6 nitrogen and oxygen atoms in total. The summed E-state index contributed by atoms with van der Waals surface area (Å²) in [4.78, 5) is 23.1. The molecule has 2 aromatic rings. The van der Waals surface area contributed by atoms with Gasteiger partial charge in [-0.2, -0.15) is 0 Å². The minimum atomic E-state index is -1.13. The third-order valence-corrected chi connectivity index (χ3v) is 3.01. The van der Waals surface area contributed by atoms with Gasteiger partial charge in [0, 0.05) is 12.1 Å². The maximum Gasteiger partial charge on any atom is 0.336 e. The summed E-state index contributed by atoms with van der Waals surface area (Å²) >= 11 is 0. The Morgan fingerprint density at radius 3 is 2.45 bits per heavy atom. The van der Waals surface area contributed by atoms with Crippen molar-refractivity contribution in [1.29, 1.82) is 0 Å². The number of nitrogens with zero attached hydrogens (tertiary/aromatic N) is 1. The Kier molecular flexibility index (Phi) is 3.84. The lowest BCUT2D eigenvalue weighted by Crippen LogP contribution is -2.25. The summed E-state index contributed by atoms with van der Waals surface area (Å²) in [6.07, 6.45) is 0. The number of carbonyl (C=O) groups excluding carboxylic acids is 1. The highest BCUT2D eigenvalue weighted by Crippen LogP contribution is 2.13. The van der Waals surface area contributed by atoms with Crippen LogP contribution >= 0.6 is 0 Å². The van der Waals surface area contributed by atoms with Gasteiger partial charge in [0.1, 0.15) is 5.76 Å². The van der Waals surface area contributed by atoms with Crippen LogP contribution in [0.3, 0.4) is 0 Å². The lowest BCUT2D eigenvalue weighted by Gasteiger charge is -2.07. The summed E-state index contributed by atoms with van der Waals surface area (Å²) in [5, 5.41) is 15.5. The van der Waals surface area contributed by atoms with Crippen molar-refractivity contribution < 1.29 is 19.2 Å². The maximum absolute atomic E-state index is 12.1. The predicted molar refractivity (Wildman–Crippen MR) is 70.5 cm³/mol. The second-order valence-electron chi connectivity index (χ2n) is 4.34. The normalized spacial score (nSPS) is 10.3. The van der Waals surface area contributed by atoms with Gasteiger partial charge in [-0.05, 0) is 26.0 Å². The molecule has 0 fully saturated rings. The molecule has 0 saturated heterocycles. The molecule has 0 aliphatic heterocycles. The molecule has 1 amide bonds. The fourth-order valence-electron chi connectivity index (χ4n) is 1.89. The van der Waals surface area contributed by atoms with Crippen molar-refractivity contribution in [3.63, 3.8) is 0 Å². The van der Waals surface area contributed by atoms with Crippen molar-refractivity contribution in [1.82, 2.24) is 10.5 Å². The smallest absolute Gasteiger partial charge is 0.336 e. The molecule has 20 heavy (non-hydrogen) atoms. The number of carboxylic acid groups (broad SMARTS) is 1. The van der Waals surface area contributed by atoms with E-state index in [1.807, 2.05) is 0 Å². The Labute approximate surface area is 115 Å². The Morgan fingerprint density at radius 1 is 1.25 bits per heavy atom. The lowest BCUT2D eigenvalue weighted by molar-refractivity contribution is 0.0691. The first-order valence-electron chi connectivity index (χ1n) is 6.03. The van der Waals surface area contributed by atoms with E-state index in [-0.39, 0.29) is 17.7 Å². The summed E-state index contributed by atoms with van der Waals surface area (Å²) in [5.41, 5.74) is 1.61. The van der Waals surface area contributed by atoms with Gasteiger partial charge in [0.2, 0.25) is 0 Å². The van der Waals surface area contributed by atoms with E-state index in [9.17, 15) is 9.59 Å². The number of aromatic nitrogens is 1. The minimum absolute atomic E-state index is 0.0243. The first kappa shape index (κ1) is 13.8. The molecule has 2 N–H and O–H groups in total. The van der Waals surface area contributed by atoms with Gasteiger partial charge in [-0.3, -0.25) is 4.79 Å². The van der Waals surface area contributed by atoms with E-state index in [0.717, 1.165) is 5.56 Å². The van der Waals surface area contributed by atoms with Gasteiger partial charge in [-0.25, -0.2) is 4.79 Å². The zero-order valence-electron chi connectivity index (χ0n) is 11.1. The Hall–Kier alpha value is -2.63. The lowest BCUT2D eigenvalue weighted by atomic mass is 10.1. The Bertz CT molecular complexity index is 641. The van der Waals surface area contributed by atoms with Crippen LogP contribution in [0.1, 0.15) is 37.7 Å². The predicted octanol–water partition coefficient (Wildman–Crippen LogP) is 1.92. The number of aromatic carboxylic acids is 1. The van der Waals surface area contributed by atoms with Crippen LogP contribution in [-0.2, 0) is 6.54 Å². The highest BCUT2D eigenvalue weighted by atomic mass is 16.5. The standard InChI is InChI=1S/C14H14N2O4/c1-8-12(9(2)20-16-8)7-15-13(17)10-5-3-4-6-11(10)14(18)19/h3-6H,7H2,1-2H3,(H,15,17)(H,18,19). The van der Waals surface area contributed by atoms with E-state index in [0.29, 0.717) is 11.5 Å². The maximum atomic E-state index is 12.1. The first-order valence-corrected chi connectivity index (χ1v) is 6.03. The molecule has 104 valence electrons. The number of aryl methyl sites for hydroxylation is 2. The van der Waals surface area contributed by atoms with Gasteiger partial charge in [0.05, 0.1) is 16.8 Å². The molecular formula is C14H14N2O4. The van der Waals surface area contributed by atoms with Gasteiger partial charge in [-0.1, -0.05) is 17.3 Å². The van der Waals surface area contributed by atoms with Gasteiger partial charge in [-0.15, -0.1) is 0 Å². The van der Waals surface area contributed by atoms with E-state index in [4.69, 9.17) is 9.63 Å². The van der Waals surface area contributed by atoms with Crippen molar-refractivity contribution in [2.24, 2.45) is 0 Å². The monoisotopic (exact) mass is 274 g/mol. The zero-order valence-corrected chi connectivity index (χ0v) is 11.1. The van der Waals surface area contributed by atoms with Gasteiger partial charge in [0.15, 0.2) is 0 Å². The highest BCUT2D eigenvalue weighted by Gasteiger charge is 2.16. The summed E-state index contributed by atoms with van der Waals surface area (Å²) in [5.74, 6) is -0.939. The summed E-state index contributed by atoms with van der Waals surface area (Å²) in [6, 6.07) is 6.07. The van der Waals surface area contributed by atoms with Gasteiger partial charge >= 0.3 is 5.97 Å². The molecule has 2 rings (SSSR count). The van der Waals surface area contributed by atoms with Crippen LogP contribution in [0.15, 0.2) is 28.8 Å². The Balaban J connectivity index is 2.16. The number of nitrogens with one attached hydrogen (secondary N) is 1. The molecule has 0 aliphatic carbocycles. The molecule has 0 radical (unpaired) electrons. The van der Waals surface area contributed by atoms with Crippen LogP contribution in [0.25, 0.3) is 0 Å². The molecule has 0 spiro atoms. The molecule has 1 heterocycles. The molecule has 0 bridgehead atoms. The number of rotatable bonds is 4. The van der Waals surface area contributed by atoms with E-state index in [1.165, 1.54) is 12.1 Å². The van der Waals surface area contributed by atoms with E-state index in [1.54, 1.807) is 26.0 Å². The number of hydrogen-bond donors (Lipinski definition) is 2. The van der Waals surface area contributed by atoms with Crippen molar-refractivity contribution in [3.8, 4) is 0 Å². The van der Waals surface area contributed by atoms with Gasteiger partial charge in [0.25, 0.3) is 5.91 Å². The molecule has 0 atom stereocenters. The van der Waals surface area contributed by atoms with E-state index in [2.05, 4.69) is 10.5 Å². The van der Waals surface area contributed by atoms with Crippen LogP contribution < -0.4 is 5.32 Å². The molecular weight excluding hydrogens is 260 g/mol. The first-order chi connectivity index (χ1) is 9.50. The van der Waals surface area contributed by atoms with Crippen molar-refractivity contribution in [2.75, 3.05) is 0 Å². The molecule has 6 heteroatoms. The van der Waals surface area contributed by atoms with Gasteiger partial charge < -0.3 is 14.9 Å². The average molecular weight is 274 g/mol. The minimum Gasteiger partial charge on any atom is -0.478 e. The third-order valence-electron chi connectivity index (χ3n) is 3.01. The van der Waals surface area contributed by atoms with Crippen molar-refractivity contribution in [3.05, 3.63) is 52.4 Å². The number of hydrogen-bond acceptors (Lipinski definition) is 4. The zero-order chi connectivity index (χ0) is 14.7. The highest BCUT2D eigenvalue weighted by molar-refractivity contribution is 6.04. The fourth-order valence-corrected chi connectivity index (χ4v) is 1.89. The second kappa shape index (κ2) is 5.56. The number of benzene rings is 1. The largest absolute Gasteiger partial charge is 0.478 e. The van der Waals surface area contributed by atoms with Crippen LogP contribution in [0.2, 0.25) is 0 Å². The number of carboxylic acids is 1. The second-order valence-corrected chi connectivity index (χ2v) is 4.34. The van der Waals surface area contributed by atoms with Crippen LogP contribution in [0.5, 0.6) is 0 Å². The average Bonchev–Trinajstić information content (AvgIpc) is 2.75.